The van der Waals surface area contributed by atoms with E-state index in [2.05, 4.69) is 10.3 Å². The summed E-state index contributed by atoms with van der Waals surface area (Å²) in [5.74, 6) is 0.899. The van der Waals surface area contributed by atoms with Gasteiger partial charge in [0.05, 0.1) is 18.9 Å². The highest BCUT2D eigenvalue weighted by Gasteiger charge is 2.25. The Balaban J connectivity index is 1.57. The van der Waals surface area contributed by atoms with Crippen LogP contribution in [-0.2, 0) is 25.7 Å². The standard InChI is InChI=1S/C28H42N4O5/c1-5-25(33)30-28-29-24-14-13-23(16-21(24)17-32(28)18-27(35)37-19-20(2)3)36-15-9-12-26(34)31(4)22-10-7-6-8-11-22/h13-14,16,20,22H,5-12,15,17-19H2,1-4H3,(H,29,30,33). The quantitative estimate of drug-likeness (QED) is 0.352. The number of benzene rings is 1. The van der Waals surface area contributed by atoms with Crippen LogP contribution in [0.25, 0.3) is 0 Å². The molecule has 0 bridgehead atoms. The largest absolute Gasteiger partial charge is 0.494 e. The number of carbonyl (C=O) groups excluding carboxylic acids is 3. The minimum Gasteiger partial charge on any atom is -0.494 e. The van der Waals surface area contributed by atoms with Crippen LogP contribution in [0.4, 0.5) is 5.69 Å². The Morgan fingerprint density at radius 2 is 1.95 bits per heavy atom. The number of amides is 2. The van der Waals surface area contributed by atoms with Crippen LogP contribution in [0.1, 0.15) is 77.7 Å². The van der Waals surface area contributed by atoms with Gasteiger partial charge in [-0.1, -0.05) is 40.0 Å². The number of ether oxygens (including phenoxy) is 2. The first kappa shape index (κ1) is 28.5. The molecule has 2 amide bonds. The molecule has 9 nitrogen and oxygen atoms in total. The minimum atomic E-state index is -0.370. The summed E-state index contributed by atoms with van der Waals surface area (Å²) in [6.07, 6.45) is 7.31. The summed E-state index contributed by atoms with van der Waals surface area (Å²) in [5, 5.41) is 2.79. The minimum absolute atomic E-state index is 0.0172. The number of fused-ring (bicyclic) bond motifs is 1. The molecule has 1 aromatic rings. The molecule has 0 spiro atoms. The van der Waals surface area contributed by atoms with Crippen LogP contribution in [-0.4, -0.2) is 66.4 Å². The van der Waals surface area contributed by atoms with Gasteiger partial charge >= 0.3 is 5.97 Å². The van der Waals surface area contributed by atoms with Gasteiger partial charge in [-0.05, 0) is 43.4 Å². The summed E-state index contributed by atoms with van der Waals surface area (Å²) in [6.45, 7) is 6.87. The lowest BCUT2D eigenvalue weighted by atomic mass is 9.94. The number of rotatable bonds is 11. The van der Waals surface area contributed by atoms with E-state index in [1.165, 1.54) is 19.3 Å². The van der Waals surface area contributed by atoms with Crippen LogP contribution in [0.2, 0.25) is 0 Å². The number of aliphatic imine (C=N–C) groups is 1. The zero-order chi connectivity index (χ0) is 26.8. The normalized spacial score (nSPS) is 15.6. The van der Waals surface area contributed by atoms with Crippen molar-refractivity contribution in [2.45, 2.75) is 84.7 Å². The lowest BCUT2D eigenvalue weighted by Gasteiger charge is -2.31. The van der Waals surface area contributed by atoms with Gasteiger partial charge in [0.25, 0.3) is 0 Å². The highest BCUT2D eigenvalue weighted by atomic mass is 16.5. The molecule has 3 rings (SSSR count). The first-order chi connectivity index (χ1) is 17.8. The van der Waals surface area contributed by atoms with Crippen molar-refractivity contribution in [1.82, 2.24) is 15.1 Å². The van der Waals surface area contributed by atoms with Gasteiger partial charge in [-0.25, -0.2) is 4.99 Å². The zero-order valence-electron chi connectivity index (χ0n) is 22.8. The van der Waals surface area contributed by atoms with E-state index >= 15 is 0 Å². The summed E-state index contributed by atoms with van der Waals surface area (Å²) < 4.78 is 11.3. The van der Waals surface area contributed by atoms with E-state index in [1.54, 1.807) is 11.8 Å². The molecule has 0 saturated heterocycles. The smallest absolute Gasteiger partial charge is 0.325 e. The van der Waals surface area contributed by atoms with Crippen LogP contribution in [0, 0.1) is 5.92 Å². The summed E-state index contributed by atoms with van der Waals surface area (Å²) >= 11 is 0. The molecular weight excluding hydrogens is 472 g/mol. The molecule has 1 aliphatic carbocycles. The number of hydrogen-bond acceptors (Lipinski definition) is 7. The van der Waals surface area contributed by atoms with E-state index in [9.17, 15) is 14.4 Å². The molecule has 0 unspecified atom stereocenters. The summed E-state index contributed by atoms with van der Waals surface area (Å²) in [6, 6.07) is 5.96. The van der Waals surface area contributed by atoms with Crippen LogP contribution >= 0.6 is 0 Å². The van der Waals surface area contributed by atoms with Gasteiger partial charge in [0, 0.05) is 38.0 Å². The molecule has 0 radical (unpaired) electrons. The summed E-state index contributed by atoms with van der Waals surface area (Å²) in [7, 11) is 1.92. The van der Waals surface area contributed by atoms with Gasteiger partial charge in [-0.3, -0.25) is 19.7 Å². The second-order valence-electron chi connectivity index (χ2n) is 10.3. The fourth-order valence-corrected chi connectivity index (χ4v) is 4.53. The van der Waals surface area contributed by atoms with E-state index in [1.807, 2.05) is 44.0 Å². The Labute approximate surface area is 220 Å². The Bertz CT molecular complexity index is 971. The van der Waals surface area contributed by atoms with Crippen molar-refractivity contribution in [2.75, 3.05) is 26.8 Å². The summed E-state index contributed by atoms with van der Waals surface area (Å²) in [5.41, 5.74) is 1.60. The van der Waals surface area contributed by atoms with Crippen molar-refractivity contribution in [2.24, 2.45) is 10.9 Å². The topological polar surface area (TPSA) is 101 Å². The third-order valence-electron chi connectivity index (χ3n) is 6.73. The van der Waals surface area contributed by atoms with E-state index in [0.29, 0.717) is 56.8 Å². The van der Waals surface area contributed by atoms with Gasteiger partial charge in [0.2, 0.25) is 17.8 Å². The van der Waals surface area contributed by atoms with E-state index < -0.39 is 0 Å². The molecule has 1 fully saturated rings. The molecule has 2 aliphatic rings. The van der Waals surface area contributed by atoms with Gasteiger partial charge in [0.1, 0.15) is 12.3 Å². The number of esters is 1. The first-order valence-corrected chi connectivity index (χ1v) is 13.6. The number of carbonyl (C=O) groups is 3. The van der Waals surface area contributed by atoms with Crippen molar-refractivity contribution in [3.05, 3.63) is 23.8 Å². The molecule has 0 aromatic heterocycles. The maximum absolute atomic E-state index is 12.6. The van der Waals surface area contributed by atoms with Crippen molar-refractivity contribution in [3.8, 4) is 5.75 Å². The second kappa shape index (κ2) is 14.0. The Morgan fingerprint density at radius 3 is 2.65 bits per heavy atom. The predicted octanol–water partition coefficient (Wildman–Crippen LogP) is 4.17. The third kappa shape index (κ3) is 8.76. The van der Waals surface area contributed by atoms with E-state index in [4.69, 9.17) is 9.47 Å². The number of hydrogen-bond donors (Lipinski definition) is 1. The van der Waals surface area contributed by atoms with E-state index in [0.717, 1.165) is 24.1 Å². The number of guanidine groups is 1. The Kier molecular flexibility index (Phi) is 10.8. The van der Waals surface area contributed by atoms with Crippen LogP contribution in [0.5, 0.6) is 5.75 Å². The van der Waals surface area contributed by atoms with Crippen LogP contribution in [0.3, 0.4) is 0 Å². The van der Waals surface area contributed by atoms with Crippen LogP contribution in [0.15, 0.2) is 23.2 Å². The average molecular weight is 515 g/mol. The molecule has 204 valence electrons. The first-order valence-electron chi connectivity index (χ1n) is 13.6. The fraction of sp³-hybridized carbons (Fsp3) is 0.643. The maximum atomic E-state index is 12.6. The second-order valence-corrected chi connectivity index (χ2v) is 10.3. The van der Waals surface area contributed by atoms with Crippen LogP contribution < -0.4 is 10.1 Å². The Hall–Kier alpha value is -3.10. The van der Waals surface area contributed by atoms with Crippen molar-refractivity contribution < 1.29 is 23.9 Å². The lowest BCUT2D eigenvalue weighted by molar-refractivity contribution is -0.145. The number of nitrogens with zero attached hydrogens (tertiary/aromatic N) is 3. The molecule has 1 N–H and O–H groups in total. The molecule has 1 saturated carbocycles. The monoisotopic (exact) mass is 514 g/mol. The van der Waals surface area contributed by atoms with Crippen molar-refractivity contribution >= 4 is 29.4 Å². The van der Waals surface area contributed by atoms with E-state index in [-0.39, 0.29) is 30.2 Å². The molecule has 9 heteroatoms. The number of nitrogens with one attached hydrogen (secondary N) is 1. The Morgan fingerprint density at radius 1 is 1.19 bits per heavy atom. The van der Waals surface area contributed by atoms with Gasteiger partial charge in [-0.2, -0.15) is 0 Å². The van der Waals surface area contributed by atoms with Gasteiger partial charge in [0.15, 0.2) is 0 Å². The molecule has 0 atom stereocenters. The SMILES string of the molecule is CCC(=O)NC1=Nc2ccc(OCCCC(=O)N(C)C3CCCCC3)cc2CN1CC(=O)OCC(C)C. The average Bonchev–Trinajstić information content (AvgIpc) is 2.90. The van der Waals surface area contributed by atoms with Gasteiger partial charge in [-0.15, -0.1) is 0 Å². The zero-order valence-corrected chi connectivity index (χ0v) is 22.8. The lowest BCUT2D eigenvalue weighted by Crippen LogP contribution is -2.47. The summed E-state index contributed by atoms with van der Waals surface area (Å²) in [4.78, 5) is 45.2. The van der Waals surface area contributed by atoms with Crippen molar-refractivity contribution in [1.29, 1.82) is 0 Å². The third-order valence-corrected chi connectivity index (χ3v) is 6.73. The molecule has 1 heterocycles. The van der Waals surface area contributed by atoms with Crippen molar-refractivity contribution in [3.63, 3.8) is 0 Å². The highest BCUT2D eigenvalue weighted by Crippen LogP contribution is 2.30. The predicted molar refractivity (Wildman–Crippen MR) is 143 cm³/mol. The highest BCUT2D eigenvalue weighted by molar-refractivity contribution is 5.99. The maximum Gasteiger partial charge on any atom is 0.325 e. The molecule has 37 heavy (non-hydrogen) atoms. The molecule has 1 aromatic carbocycles. The molecular formula is C28H42N4O5. The molecule has 1 aliphatic heterocycles. The fourth-order valence-electron chi connectivity index (χ4n) is 4.53. The van der Waals surface area contributed by atoms with Gasteiger partial charge < -0.3 is 19.3 Å².